The van der Waals surface area contributed by atoms with Gasteiger partial charge in [-0.3, -0.25) is 4.79 Å². The number of allylic oxidation sites excluding steroid dienone is 1. The standard InChI is InChI=1S/C12H18O3/c1-8(2)10-6-5-9(3)11(13)12(10)15-7-14-4/h5,10,12H,1,6-7H2,2-4H3/t10-,12+/m1/s1. The quantitative estimate of drug-likeness (QED) is 0.526. The maximum absolute atomic E-state index is 11.9. The van der Waals surface area contributed by atoms with Crippen LogP contribution in [0.2, 0.25) is 0 Å². The minimum absolute atomic E-state index is 0.0475. The first-order valence-electron chi connectivity index (χ1n) is 5.04. The molecule has 84 valence electrons. The van der Waals surface area contributed by atoms with Gasteiger partial charge in [-0.25, -0.2) is 0 Å². The summed E-state index contributed by atoms with van der Waals surface area (Å²) in [5, 5.41) is 0. The SMILES string of the molecule is C=C(C)[C@H]1CC=C(C)C(=O)[C@H]1OCOC. The second-order valence-corrected chi connectivity index (χ2v) is 3.93. The van der Waals surface area contributed by atoms with E-state index in [1.54, 1.807) is 7.11 Å². The molecule has 0 fully saturated rings. The number of carbonyl (C=O) groups is 1. The van der Waals surface area contributed by atoms with Gasteiger partial charge in [0, 0.05) is 13.0 Å². The first-order valence-corrected chi connectivity index (χ1v) is 5.04. The summed E-state index contributed by atoms with van der Waals surface area (Å²) in [5.74, 6) is 0.127. The van der Waals surface area contributed by atoms with Crippen molar-refractivity contribution < 1.29 is 14.3 Å². The van der Waals surface area contributed by atoms with Crippen molar-refractivity contribution in [1.82, 2.24) is 0 Å². The summed E-state index contributed by atoms with van der Waals surface area (Å²) in [4.78, 5) is 11.9. The van der Waals surface area contributed by atoms with Crippen molar-refractivity contribution in [3.05, 3.63) is 23.8 Å². The topological polar surface area (TPSA) is 35.5 Å². The minimum Gasteiger partial charge on any atom is -0.359 e. The lowest BCUT2D eigenvalue weighted by atomic mass is 9.82. The molecule has 1 rings (SSSR count). The van der Waals surface area contributed by atoms with Crippen molar-refractivity contribution in [3.63, 3.8) is 0 Å². The van der Waals surface area contributed by atoms with Gasteiger partial charge in [-0.2, -0.15) is 0 Å². The molecule has 0 aromatic carbocycles. The van der Waals surface area contributed by atoms with Gasteiger partial charge >= 0.3 is 0 Å². The highest BCUT2D eigenvalue weighted by Crippen LogP contribution is 2.28. The summed E-state index contributed by atoms with van der Waals surface area (Å²) < 4.78 is 10.2. The van der Waals surface area contributed by atoms with Crippen LogP contribution in [0.5, 0.6) is 0 Å². The first-order chi connectivity index (χ1) is 7.07. The van der Waals surface area contributed by atoms with Crippen LogP contribution < -0.4 is 0 Å². The van der Waals surface area contributed by atoms with E-state index in [4.69, 9.17) is 9.47 Å². The van der Waals surface area contributed by atoms with Crippen molar-refractivity contribution in [2.24, 2.45) is 5.92 Å². The molecular formula is C12H18O3. The Hall–Kier alpha value is -0.930. The fraction of sp³-hybridized carbons (Fsp3) is 0.583. The number of hydrogen-bond donors (Lipinski definition) is 0. The molecular weight excluding hydrogens is 192 g/mol. The Morgan fingerprint density at radius 1 is 1.67 bits per heavy atom. The summed E-state index contributed by atoms with van der Waals surface area (Å²) in [5.41, 5.74) is 1.75. The predicted molar refractivity (Wildman–Crippen MR) is 58.4 cm³/mol. The summed E-state index contributed by atoms with van der Waals surface area (Å²) >= 11 is 0. The number of ketones is 1. The Kier molecular flexibility index (Phi) is 4.24. The molecule has 1 aliphatic carbocycles. The van der Waals surface area contributed by atoms with E-state index in [-0.39, 0.29) is 18.5 Å². The van der Waals surface area contributed by atoms with Gasteiger partial charge in [-0.15, -0.1) is 0 Å². The van der Waals surface area contributed by atoms with Gasteiger partial charge in [0.1, 0.15) is 12.9 Å². The molecule has 0 amide bonds. The van der Waals surface area contributed by atoms with E-state index in [1.807, 2.05) is 19.9 Å². The van der Waals surface area contributed by atoms with Gasteiger partial charge in [-0.05, 0) is 25.8 Å². The van der Waals surface area contributed by atoms with Gasteiger partial charge in [0.15, 0.2) is 5.78 Å². The molecule has 0 radical (unpaired) electrons. The van der Waals surface area contributed by atoms with E-state index < -0.39 is 6.10 Å². The summed E-state index contributed by atoms with van der Waals surface area (Å²) in [6.45, 7) is 7.79. The Bertz CT molecular complexity index is 291. The van der Waals surface area contributed by atoms with Crippen LogP contribution >= 0.6 is 0 Å². The highest BCUT2D eigenvalue weighted by molar-refractivity contribution is 5.99. The molecule has 0 aromatic rings. The van der Waals surface area contributed by atoms with Gasteiger partial charge in [-0.1, -0.05) is 18.2 Å². The van der Waals surface area contributed by atoms with Crippen LogP contribution in [-0.4, -0.2) is 25.8 Å². The number of rotatable bonds is 4. The molecule has 0 unspecified atom stereocenters. The molecule has 3 nitrogen and oxygen atoms in total. The average molecular weight is 210 g/mol. The van der Waals surface area contributed by atoms with Crippen LogP contribution in [0.1, 0.15) is 20.3 Å². The van der Waals surface area contributed by atoms with Gasteiger partial charge in [0.25, 0.3) is 0 Å². The van der Waals surface area contributed by atoms with Crippen molar-refractivity contribution in [1.29, 1.82) is 0 Å². The van der Waals surface area contributed by atoms with E-state index >= 15 is 0 Å². The maximum atomic E-state index is 11.9. The molecule has 2 atom stereocenters. The Balaban J connectivity index is 2.79. The second kappa shape index (κ2) is 5.24. The Morgan fingerprint density at radius 3 is 2.87 bits per heavy atom. The van der Waals surface area contributed by atoms with E-state index in [0.29, 0.717) is 0 Å². The third-order valence-corrected chi connectivity index (χ3v) is 2.69. The van der Waals surface area contributed by atoms with Gasteiger partial charge in [0.2, 0.25) is 0 Å². The molecule has 1 aliphatic rings. The smallest absolute Gasteiger partial charge is 0.187 e. The average Bonchev–Trinajstić information content (AvgIpc) is 2.19. The van der Waals surface area contributed by atoms with Crippen molar-refractivity contribution >= 4 is 5.78 Å². The number of Topliss-reactive ketones (excluding diaryl/α,β-unsaturated/α-hetero) is 1. The number of ether oxygens (including phenoxy) is 2. The summed E-state index contributed by atoms with van der Waals surface area (Å²) in [6, 6.07) is 0. The molecule has 0 saturated heterocycles. The van der Waals surface area contributed by atoms with E-state index in [1.165, 1.54) is 0 Å². The summed E-state index contributed by atoms with van der Waals surface area (Å²) in [6.07, 6.45) is 2.35. The van der Waals surface area contributed by atoms with E-state index in [9.17, 15) is 4.79 Å². The number of methoxy groups -OCH3 is 1. The van der Waals surface area contributed by atoms with Crippen molar-refractivity contribution in [2.75, 3.05) is 13.9 Å². The molecule has 0 N–H and O–H groups in total. The van der Waals surface area contributed by atoms with Gasteiger partial charge < -0.3 is 9.47 Å². The third kappa shape index (κ3) is 2.76. The third-order valence-electron chi connectivity index (χ3n) is 2.69. The van der Waals surface area contributed by atoms with Crippen LogP contribution in [0, 0.1) is 5.92 Å². The van der Waals surface area contributed by atoms with Crippen LogP contribution in [0.4, 0.5) is 0 Å². The lowest BCUT2D eigenvalue weighted by Crippen LogP contribution is -2.36. The molecule has 0 aliphatic heterocycles. The molecule has 0 bridgehead atoms. The van der Waals surface area contributed by atoms with Crippen LogP contribution in [0.3, 0.4) is 0 Å². The molecule has 15 heavy (non-hydrogen) atoms. The number of carbonyl (C=O) groups excluding carboxylic acids is 1. The van der Waals surface area contributed by atoms with Crippen LogP contribution in [0.25, 0.3) is 0 Å². The summed E-state index contributed by atoms with van der Waals surface area (Å²) in [7, 11) is 1.55. The highest BCUT2D eigenvalue weighted by Gasteiger charge is 2.33. The zero-order valence-electron chi connectivity index (χ0n) is 9.58. The van der Waals surface area contributed by atoms with Gasteiger partial charge in [0.05, 0.1) is 0 Å². The fourth-order valence-electron chi connectivity index (χ4n) is 1.73. The fourth-order valence-corrected chi connectivity index (χ4v) is 1.73. The second-order valence-electron chi connectivity index (χ2n) is 3.93. The molecule has 0 spiro atoms. The monoisotopic (exact) mass is 210 g/mol. The van der Waals surface area contributed by atoms with Crippen molar-refractivity contribution in [3.8, 4) is 0 Å². The maximum Gasteiger partial charge on any atom is 0.187 e. The van der Waals surface area contributed by atoms with Crippen molar-refractivity contribution in [2.45, 2.75) is 26.4 Å². The van der Waals surface area contributed by atoms with E-state index in [2.05, 4.69) is 6.58 Å². The lowest BCUT2D eigenvalue weighted by Gasteiger charge is -2.29. The van der Waals surface area contributed by atoms with E-state index in [0.717, 1.165) is 17.6 Å². The predicted octanol–water partition coefficient (Wildman–Crippen LogP) is 2.09. The minimum atomic E-state index is -0.424. The highest BCUT2D eigenvalue weighted by atomic mass is 16.7. The Labute approximate surface area is 90.8 Å². The molecule has 0 aromatic heterocycles. The van der Waals surface area contributed by atoms with Crippen LogP contribution in [0.15, 0.2) is 23.8 Å². The number of hydrogen-bond acceptors (Lipinski definition) is 3. The zero-order chi connectivity index (χ0) is 11.4. The molecule has 0 saturated carbocycles. The normalized spacial score (nSPS) is 26.3. The largest absolute Gasteiger partial charge is 0.359 e. The Morgan fingerprint density at radius 2 is 2.33 bits per heavy atom. The zero-order valence-corrected chi connectivity index (χ0v) is 9.58. The van der Waals surface area contributed by atoms with Crippen LogP contribution in [-0.2, 0) is 14.3 Å². The molecule has 0 heterocycles. The first kappa shape index (κ1) is 12.1. The molecule has 3 heteroatoms. The lowest BCUT2D eigenvalue weighted by molar-refractivity contribution is -0.141.